The number of phenolic OH excluding ortho intramolecular Hbond substituents is 2. The van der Waals surface area contributed by atoms with E-state index in [2.05, 4.69) is 0 Å². The molecule has 0 aromatic heterocycles. The summed E-state index contributed by atoms with van der Waals surface area (Å²) in [6, 6.07) is 15.8. The van der Waals surface area contributed by atoms with E-state index in [0.717, 1.165) is 5.56 Å². The zero-order valence-corrected chi connectivity index (χ0v) is 18.1. The molecule has 3 aromatic carbocycles. The third kappa shape index (κ3) is 4.10. The molecule has 4 rings (SSSR count). The number of phenols is 2. The molecule has 0 saturated carbocycles. The van der Waals surface area contributed by atoms with E-state index >= 15 is 0 Å². The molecule has 0 fully saturated rings. The monoisotopic (exact) mass is 457 g/mol. The molecule has 1 heterocycles. The zero-order chi connectivity index (χ0) is 22.3. The van der Waals surface area contributed by atoms with Crippen LogP contribution >= 0.6 is 11.6 Å². The second kappa shape index (κ2) is 7.88. The Kier molecular flexibility index (Phi) is 5.38. The van der Waals surface area contributed by atoms with Gasteiger partial charge >= 0.3 is 0 Å². The molecule has 3 aromatic rings. The summed E-state index contributed by atoms with van der Waals surface area (Å²) in [4.78, 5) is -0.0123. The minimum absolute atomic E-state index is 0.0123. The molecule has 1 aliphatic rings. The van der Waals surface area contributed by atoms with Gasteiger partial charge in [0.25, 0.3) is 0 Å². The summed E-state index contributed by atoms with van der Waals surface area (Å²) in [6.07, 6.45) is 0.390. The number of hydrazone groups is 1. The number of primary sulfonamides is 1. The normalized spacial score (nSPS) is 16.4. The summed E-state index contributed by atoms with van der Waals surface area (Å²) < 4.78 is 23.2. The third-order valence-electron chi connectivity index (χ3n) is 5.22. The lowest BCUT2D eigenvalue weighted by molar-refractivity contribution is 0.461. The molecule has 0 radical (unpaired) electrons. The first kappa shape index (κ1) is 21.2. The topological polar surface area (TPSA) is 116 Å². The molecule has 4 N–H and O–H groups in total. The van der Waals surface area contributed by atoms with Gasteiger partial charge in [0.05, 0.1) is 22.3 Å². The molecule has 160 valence electrons. The smallest absolute Gasteiger partial charge is 0.238 e. The van der Waals surface area contributed by atoms with Crippen LogP contribution in [0.2, 0.25) is 5.02 Å². The van der Waals surface area contributed by atoms with Crippen molar-refractivity contribution in [2.45, 2.75) is 24.3 Å². The third-order valence-corrected chi connectivity index (χ3v) is 6.56. The Morgan fingerprint density at radius 1 is 1.06 bits per heavy atom. The van der Waals surface area contributed by atoms with E-state index in [0.29, 0.717) is 34.0 Å². The molecule has 1 aliphatic heterocycles. The van der Waals surface area contributed by atoms with Crippen molar-refractivity contribution in [2.24, 2.45) is 10.2 Å². The fourth-order valence-corrected chi connectivity index (χ4v) is 4.29. The number of hydrogen-bond acceptors (Lipinski definition) is 6. The van der Waals surface area contributed by atoms with Crippen LogP contribution in [0.5, 0.6) is 11.5 Å². The van der Waals surface area contributed by atoms with Gasteiger partial charge < -0.3 is 10.2 Å². The lowest BCUT2D eigenvalue weighted by Gasteiger charge is -2.24. The maximum Gasteiger partial charge on any atom is 0.238 e. The van der Waals surface area contributed by atoms with Crippen LogP contribution in [0, 0.1) is 6.92 Å². The number of rotatable bonds is 4. The standard InChI is InChI=1S/C22H20ClN3O4S/c1-13-10-22(28)17(11-18(13)23)19-12-20(16-4-2-3-5-21(16)27)26(25-19)14-6-8-15(9-7-14)31(24,29)30/h2-11,20,27-28H,12H2,1H3,(H2,24,29,30). The maximum atomic E-state index is 11.6. The number of hydrogen-bond donors (Lipinski definition) is 3. The van der Waals surface area contributed by atoms with E-state index in [-0.39, 0.29) is 22.4 Å². The summed E-state index contributed by atoms with van der Waals surface area (Å²) >= 11 is 6.27. The molecule has 31 heavy (non-hydrogen) atoms. The van der Waals surface area contributed by atoms with Crippen molar-refractivity contribution >= 4 is 33.0 Å². The maximum absolute atomic E-state index is 11.6. The van der Waals surface area contributed by atoms with Crippen LogP contribution in [0.1, 0.15) is 29.2 Å². The zero-order valence-electron chi connectivity index (χ0n) is 16.5. The number of para-hydroxylation sites is 1. The quantitative estimate of drug-likeness (QED) is 0.546. The summed E-state index contributed by atoms with van der Waals surface area (Å²) in [6.45, 7) is 1.80. The van der Waals surface area contributed by atoms with E-state index in [1.165, 1.54) is 12.1 Å². The highest BCUT2D eigenvalue weighted by Crippen LogP contribution is 2.41. The van der Waals surface area contributed by atoms with Crippen molar-refractivity contribution in [2.75, 3.05) is 5.01 Å². The van der Waals surface area contributed by atoms with Crippen LogP contribution in [0.25, 0.3) is 0 Å². The number of nitrogens with zero attached hydrogens (tertiary/aromatic N) is 2. The molecular formula is C22H20ClN3O4S. The first-order valence-corrected chi connectivity index (χ1v) is 11.3. The number of halogens is 1. The van der Waals surface area contributed by atoms with Crippen molar-refractivity contribution in [3.05, 3.63) is 82.4 Å². The van der Waals surface area contributed by atoms with Gasteiger partial charge in [-0.15, -0.1) is 0 Å². The molecule has 1 atom stereocenters. The molecular weight excluding hydrogens is 438 g/mol. The number of benzene rings is 3. The summed E-state index contributed by atoms with van der Waals surface area (Å²) in [7, 11) is -3.83. The number of sulfonamides is 1. The number of aryl methyl sites for hydroxylation is 1. The lowest BCUT2D eigenvalue weighted by atomic mass is 9.96. The molecule has 9 heteroatoms. The Labute approximate surface area is 185 Å². The average molecular weight is 458 g/mol. The molecule has 0 aliphatic carbocycles. The highest BCUT2D eigenvalue weighted by Gasteiger charge is 2.32. The largest absolute Gasteiger partial charge is 0.508 e. The summed E-state index contributed by atoms with van der Waals surface area (Å²) in [5.74, 6) is 0.171. The molecule has 0 spiro atoms. The molecule has 0 amide bonds. The minimum Gasteiger partial charge on any atom is -0.508 e. The SMILES string of the molecule is Cc1cc(O)c(C2=NN(c3ccc(S(N)(=O)=O)cc3)C(c3ccccc3O)C2)cc1Cl. The van der Waals surface area contributed by atoms with Gasteiger partial charge in [0, 0.05) is 22.6 Å². The molecule has 7 nitrogen and oxygen atoms in total. The number of aromatic hydroxyl groups is 2. The predicted octanol–water partition coefficient (Wildman–Crippen LogP) is 4.06. The van der Waals surface area contributed by atoms with Crippen molar-refractivity contribution < 1.29 is 18.6 Å². The van der Waals surface area contributed by atoms with E-state index in [4.69, 9.17) is 21.8 Å². The summed E-state index contributed by atoms with van der Waals surface area (Å²) in [5.41, 5.74) is 3.08. The highest BCUT2D eigenvalue weighted by atomic mass is 35.5. The van der Waals surface area contributed by atoms with Crippen molar-refractivity contribution in [1.82, 2.24) is 0 Å². The van der Waals surface area contributed by atoms with Gasteiger partial charge in [0.15, 0.2) is 0 Å². The van der Waals surface area contributed by atoms with E-state index in [1.807, 2.05) is 6.07 Å². The predicted molar refractivity (Wildman–Crippen MR) is 120 cm³/mol. The Morgan fingerprint density at radius 2 is 1.74 bits per heavy atom. The van der Waals surface area contributed by atoms with Crippen molar-refractivity contribution in [3.63, 3.8) is 0 Å². The van der Waals surface area contributed by atoms with Crippen molar-refractivity contribution in [1.29, 1.82) is 0 Å². The Bertz CT molecular complexity index is 1290. The second-order valence-electron chi connectivity index (χ2n) is 7.33. The van der Waals surface area contributed by atoms with Crippen LogP contribution in [-0.2, 0) is 10.0 Å². The minimum atomic E-state index is -3.83. The number of anilines is 1. The van der Waals surface area contributed by atoms with Crippen molar-refractivity contribution in [3.8, 4) is 11.5 Å². The fraction of sp³-hybridized carbons (Fsp3) is 0.136. The van der Waals surface area contributed by atoms with Gasteiger partial charge in [-0.05, 0) is 55.0 Å². The average Bonchev–Trinajstić information content (AvgIpc) is 3.15. The van der Waals surface area contributed by atoms with Crippen LogP contribution in [-0.4, -0.2) is 24.3 Å². The Balaban J connectivity index is 1.81. The molecule has 0 bridgehead atoms. The van der Waals surface area contributed by atoms with Gasteiger partial charge in [-0.3, -0.25) is 5.01 Å². The van der Waals surface area contributed by atoms with Crippen LogP contribution < -0.4 is 10.1 Å². The van der Waals surface area contributed by atoms with Gasteiger partial charge in [0.2, 0.25) is 10.0 Å². The van der Waals surface area contributed by atoms with Gasteiger partial charge in [-0.1, -0.05) is 29.8 Å². The van der Waals surface area contributed by atoms with Gasteiger partial charge in [-0.2, -0.15) is 5.10 Å². The fourth-order valence-electron chi connectivity index (χ4n) is 3.61. The Morgan fingerprint density at radius 3 is 2.39 bits per heavy atom. The van der Waals surface area contributed by atoms with Crippen LogP contribution in [0.3, 0.4) is 0 Å². The van der Waals surface area contributed by atoms with Gasteiger partial charge in [0.1, 0.15) is 11.5 Å². The van der Waals surface area contributed by atoms with Crippen LogP contribution in [0.15, 0.2) is 70.7 Å². The van der Waals surface area contributed by atoms with E-state index in [9.17, 15) is 18.6 Å². The Hall–Kier alpha value is -3.07. The molecule has 0 saturated heterocycles. The lowest BCUT2D eigenvalue weighted by Crippen LogP contribution is -2.19. The second-order valence-corrected chi connectivity index (χ2v) is 9.30. The summed E-state index contributed by atoms with van der Waals surface area (Å²) in [5, 5.41) is 33.0. The first-order valence-electron chi connectivity index (χ1n) is 9.42. The van der Waals surface area contributed by atoms with E-state index in [1.54, 1.807) is 54.4 Å². The van der Waals surface area contributed by atoms with E-state index < -0.39 is 10.0 Å². The van der Waals surface area contributed by atoms with Gasteiger partial charge in [-0.25, -0.2) is 13.6 Å². The number of nitrogens with two attached hydrogens (primary N) is 1. The highest BCUT2D eigenvalue weighted by molar-refractivity contribution is 7.89. The molecule has 1 unspecified atom stereocenters. The van der Waals surface area contributed by atoms with Crippen LogP contribution in [0.4, 0.5) is 5.69 Å². The first-order chi connectivity index (χ1) is 14.6.